The van der Waals surface area contributed by atoms with Gasteiger partial charge in [0.05, 0.1) is 6.61 Å². The number of piperidine rings is 1. The van der Waals surface area contributed by atoms with Gasteiger partial charge >= 0.3 is 12.1 Å². The van der Waals surface area contributed by atoms with Crippen LogP contribution in [0.3, 0.4) is 0 Å². The lowest BCUT2D eigenvalue weighted by Gasteiger charge is -2.35. The van der Waals surface area contributed by atoms with Crippen molar-refractivity contribution in [1.82, 2.24) is 4.90 Å². The van der Waals surface area contributed by atoms with Crippen LogP contribution < -0.4 is 0 Å². The molecule has 0 aromatic heterocycles. The number of rotatable bonds is 2. The SMILES string of the molecule is C=C1CC2C[C@H]1[C@@H](C(=O)OCC)N2C(=O)OC(C)(C)C. The zero-order chi connectivity index (χ0) is 15.1. The van der Waals surface area contributed by atoms with E-state index < -0.39 is 17.7 Å². The minimum Gasteiger partial charge on any atom is -0.464 e. The Morgan fingerprint density at radius 1 is 1.40 bits per heavy atom. The number of fused-ring (bicyclic) bond motifs is 2. The molecule has 1 amide bonds. The van der Waals surface area contributed by atoms with Crippen LogP contribution in [0.4, 0.5) is 4.79 Å². The molecule has 1 saturated carbocycles. The molecular formula is C15H23NO4. The van der Waals surface area contributed by atoms with E-state index in [0.29, 0.717) is 6.61 Å². The summed E-state index contributed by atoms with van der Waals surface area (Å²) in [7, 11) is 0. The Labute approximate surface area is 119 Å². The molecule has 3 atom stereocenters. The Bertz CT molecular complexity index is 438. The summed E-state index contributed by atoms with van der Waals surface area (Å²) < 4.78 is 10.5. The summed E-state index contributed by atoms with van der Waals surface area (Å²) >= 11 is 0. The number of amides is 1. The largest absolute Gasteiger partial charge is 0.464 e. The predicted molar refractivity (Wildman–Crippen MR) is 74.1 cm³/mol. The number of nitrogens with zero attached hydrogens (tertiary/aromatic N) is 1. The summed E-state index contributed by atoms with van der Waals surface area (Å²) in [4.78, 5) is 26.0. The smallest absolute Gasteiger partial charge is 0.411 e. The van der Waals surface area contributed by atoms with Gasteiger partial charge in [0, 0.05) is 12.0 Å². The highest BCUT2D eigenvalue weighted by molar-refractivity contribution is 5.84. The maximum absolute atomic E-state index is 12.3. The Morgan fingerprint density at radius 3 is 2.60 bits per heavy atom. The van der Waals surface area contributed by atoms with Crippen LogP contribution in [0, 0.1) is 5.92 Å². The third-order valence-electron chi connectivity index (χ3n) is 3.75. The minimum atomic E-state index is -0.574. The highest BCUT2D eigenvalue weighted by Gasteiger charge is 2.54. The Hall–Kier alpha value is -1.52. The van der Waals surface area contributed by atoms with E-state index in [4.69, 9.17) is 9.47 Å². The summed E-state index contributed by atoms with van der Waals surface area (Å²) in [5.74, 6) is -0.349. The number of ether oxygens (including phenoxy) is 2. The van der Waals surface area contributed by atoms with Crippen molar-refractivity contribution in [3.05, 3.63) is 12.2 Å². The van der Waals surface area contributed by atoms with Gasteiger partial charge < -0.3 is 9.47 Å². The number of likely N-dealkylation sites (tertiary alicyclic amines) is 1. The average Bonchev–Trinajstić information content (AvgIpc) is 2.82. The molecule has 0 N–H and O–H groups in total. The molecular weight excluding hydrogens is 258 g/mol. The summed E-state index contributed by atoms with van der Waals surface area (Å²) in [5, 5.41) is 0. The van der Waals surface area contributed by atoms with Gasteiger partial charge in [-0.1, -0.05) is 12.2 Å². The molecule has 1 saturated heterocycles. The first-order valence-electron chi connectivity index (χ1n) is 7.10. The van der Waals surface area contributed by atoms with Crippen molar-refractivity contribution in [2.24, 2.45) is 5.92 Å². The maximum Gasteiger partial charge on any atom is 0.411 e. The predicted octanol–water partition coefficient (Wildman–Crippen LogP) is 2.50. The van der Waals surface area contributed by atoms with Gasteiger partial charge in [0.2, 0.25) is 0 Å². The number of hydrogen-bond acceptors (Lipinski definition) is 4. The molecule has 1 unspecified atom stereocenters. The summed E-state index contributed by atoms with van der Waals surface area (Å²) in [6.45, 7) is 11.5. The summed E-state index contributed by atoms with van der Waals surface area (Å²) in [6.07, 6.45) is 1.09. The lowest BCUT2D eigenvalue weighted by molar-refractivity contribution is -0.150. The monoisotopic (exact) mass is 281 g/mol. The van der Waals surface area contributed by atoms with E-state index in [2.05, 4.69) is 6.58 Å². The topological polar surface area (TPSA) is 55.8 Å². The van der Waals surface area contributed by atoms with E-state index in [9.17, 15) is 9.59 Å². The zero-order valence-electron chi connectivity index (χ0n) is 12.6. The fraction of sp³-hybridized carbons (Fsp3) is 0.733. The quantitative estimate of drug-likeness (QED) is 0.576. The average molecular weight is 281 g/mol. The van der Waals surface area contributed by atoms with E-state index in [-0.39, 0.29) is 17.9 Å². The van der Waals surface area contributed by atoms with E-state index in [1.807, 2.05) is 20.8 Å². The fourth-order valence-electron chi connectivity index (χ4n) is 3.06. The fourth-order valence-corrected chi connectivity index (χ4v) is 3.06. The number of hydrogen-bond donors (Lipinski definition) is 0. The first kappa shape index (κ1) is 14.9. The Morgan fingerprint density at radius 2 is 2.05 bits per heavy atom. The van der Waals surface area contributed by atoms with Crippen LogP contribution in [0.25, 0.3) is 0 Å². The normalized spacial score (nSPS) is 28.7. The second-order valence-electron chi connectivity index (χ2n) is 6.44. The third kappa shape index (κ3) is 2.67. The van der Waals surface area contributed by atoms with Crippen LogP contribution in [0.5, 0.6) is 0 Å². The molecule has 5 nitrogen and oxygen atoms in total. The van der Waals surface area contributed by atoms with Crippen molar-refractivity contribution in [3.63, 3.8) is 0 Å². The molecule has 0 aromatic rings. The highest BCUT2D eigenvalue weighted by atomic mass is 16.6. The maximum atomic E-state index is 12.3. The molecule has 0 radical (unpaired) electrons. The molecule has 0 aromatic carbocycles. The van der Waals surface area contributed by atoms with Crippen LogP contribution in [-0.2, 0) is 14.3 Å². The van der Waals surface area contributed by atoms with Crippen molar-refractivity contribution in [1.29, 1.82) is 0 Å². The standard InChI is InChI=1S/C15H23NO4/c1-6-19-13(17)12-11-8-10(7-9(11)2)16(12)14(18)20-15(3,4)5/h10-12H,2,6-8H2,1,3-5H3/t10?,11-,12+/m1/s1. The highest BCUT2D eigenvalue weighted by Crippen LogP contribution is 2.46. The van der Waals surface area contributed by atoms with Crippen LogP contribution in [0.2, 0.25) is 0 Å². The van der Waals surface area contributed by atoms with Gasteiger partial charge in [-0.2, -0.15) is 0 Å². The van der Waals surface area contributed by atoms with E-state index in [1.165, 1.54) is 0 Å². The van der Waals surface area contributed by atoms with E-state index in [0.717, 1.165) is 18.4 Å². The van der Waals surface area contributed by atoms with Crippen LogP contribution in [-0.4, -0.2) is 41.3 Å². The zero-order valence-corrected chi connectivity index (χ0v) is 12.6. The van der Waals surface area contributed by atoms with Gasteiger partial charge in [0.15, 0.2) is 0 Å². The molecule has 5 heteroatoms. The van der Waals surface area contributed by atoms with Crippen molar-refractivity contribution in [2.75, 3.05) is 6.61 Å². The number of esters is 1. The van der Waals surface area contributed by atoms with E-state index in [1.54, 1.807) is 11.8 Å². The second kappa shape index (κ2) is 5.11. The molecule has 2 bridgehead atoms. The Balaban J connectivity index is 2.19. The first-order valence-corrected chi connectivity index (χ1v) is 7.10. The molecule has 0 spiro atoms. The van der Waals surface area contributed by atoms with Gasteiger partial charge in [0.1, 0.15) is 11.6 Å². The summed E-state index contributed by atoms with van der Waals surface area (Å²) in [6, 6.07) is -0.562. The molecule has 1 heterocycles. The van der Waals surface area contributed by atoms with Crippen LogP contribution in [0.1, 0.15) is 40.5 Å². The van der Waals surface area contributed by atoms with Crippen molar-refractivity contribution in [2.45, 2.75) is 58.2 Å². The van der Waals surface area contributed by atoms with Crippen molar-refractivity contribution < 1.29 is 19.1 Å². The number of carbonyl (C=O) groups is 2. The van der Waals surface area contributed by atoms with Gasteiger partial charge in [-0.25, -0.2) is 9.59 Å². The molecule has 20 heavy (non-hydrogen) atoms. The van der Waals surface area contributed by atoms with Gasteiger partial charge in [0.25, 0.3) is 0 Å². The van der Waals surface area contributed by atoms with Crippen molar-refractivity contribution >= 4 is 12.1 Å². The van der Waals surface area contributed by atoms with Gasteiger partial charge in [-0.05, 0) is 40.5 Å². The third-order valence-corrected chi connectivity index (χ3v) is 3.75. The Kier molecular flexibility index (Phi) is 3.80. The molecule has 1 aliphatic heterocycles. The second-order valence-corrected chi connectivity index (χ2v) is 6.44. The minimum absolute atomic E-state index is 0.00608. The molecule has 2 aliphatic rings. The number of carbonyl (C=O) groups excluding carboxylic acids is 2. The molecule has 112 valence electrons. The first-order chi connectivity index (χ1) is 9.24. The lowest BCUT2D eigenvalue weighted by Crippen LogP contribution is -2.51. The lowest BCUT2D eigenvalue weighted by atomic mass is 9.95. The molecule has 2 fully saturated rings. The van der Waals surface area contributed by atoms with Gasteiger partial charge in [-0.15, -0.1) is 0 Å². The molecule has 2 rings (SSSR count). The molecule has 1 aliphatic carbocycles. The van der Waals surface area contributed by atoms with Gasteiger partial charge in [-0.3, -0.25) is 4.90 Å². The van der Waals surface area contributed by atoms with Crippen LogP contribution >= 0.6 is 0 Å². The summed E-state index contributed by atoms with van der Waals surface area (Å²) in [5.41, 5.74) is 0.461. The van der Waals surface area contributed by atoms with E-state index >= 15 is 0 Å². The van der Waals surface area contributed by atoms with Crippen LogP contribution in [0.15, 0.2) is 12.2 Å². The van der Waals surface area contributed by atoms with Crippen molar-refractivity contribution in [3.8, 4) is 0 Å².